The second-order valence-corrected chi connectivity index (χ2v) is 9.91. The van der Waals surface area contributed by atoms with Crippen LogP contribution in [0.15, 0.2) is 152 Å². The van der Waals surface area contributed by atoms with Crippen LogP contribution >= 0.6 is 0 Å². The fourth-order valence-corrected chi connectivity index (χ4v) is 5.70. The van der Waals surface area contributed by atoms with Gasteiger partial charge in [0.25, 0.3) is 0 Å². The number of fused-ring (bicyclic) bond motifs is 3. The van der Waals surface area contributed by atoms with Crippen molar-refractivity contribution in [3.8, 4) is 22.3 Å². The fraction of sp³-hybridized carbons (Fsp3) is 0.0270. The lowest BCUT2D eigenvalue weighted by molar-refractivity contribution is 1.01. The molecule has 0 amide bonds. The molecule has 6 aromatic carbocycles. The molecule has 7 rings (SSSR count). The zero-order chi connectivity index (χ0) is 26.2. The normalized spacial score (nSPS) is 11.2. The minimum Gasteiger partial charge on any atom is -0.344 e. The van der Waals surface area contributed by atoms with Crippen molar-refractivity contribution in [2.45, 2.75) is 0 Å². The highest BCUT2D eigenvalue weighted by molar-refractivity contribution is 6.14. The van der Waals surface area contributed by atoms with Crippen molar-refractivity contribution in [1.82, 2.24) is 4.57 Å². The van der Waals surface area contributed by atoms with E-state index in [-0.39, 0.29) is 0 Å². The Bertz CT molecular complexity index is 1880. The lowest BCUT2D eigenvalue weighted by atomic mass is 9.99. The highest BCUT2D eigenvalue weighted by atomic mass is 15.1. The Kier molecular flexibility index (Phi) is 5.71. The number of benzene rings is 6. The Labute approximate surface area is 229 Å². The van der Waals surface area contributed by atoms with E-state index in [0.717, 1.165) is 17.1 Å². The highest BCUT2D eigenvalue weighted by Crippen LogP contribution is 2.39. The van der Waals surface area contributed by atoms with Gasteiger partial charge in [0, 0.05) is 45.9 Å². The van der Waals surface area contributed by atoms with Crippen LogP contribution in [-0.4, -0.2) is 4.57 Å². The highest BCUT2D eigenvalue weighted by Gasteiger charge is 2.15. The van der Waals surface area contributed by atoms with Gasteiger partial charge in [0.15, 0.2) is 0 Å². The number of nitrogens with zero attached hydrogens (tertiary/aromatic N) is 2. The van der Waals surface area contributed by atoms with Crippen LogP contribution in [0.2, 0.25) is 0 Å². The molecule has 0 bridgehead atoms. The first-order chi connectivity index (χ1) is 19.3. The van der Waals surface area contributed by atoms with Gasteiger partial charge in [-0.15, -0.1) is 0 Å². The van der Waals surface area contributed by atoms with E-state index in [4.69, 9.17) is 0 Å². The number of aryl methyl sites for hydroxylation is 1. The van der Waals surface area contributed by atoms with Gasteiger partial charge in [0.1, 0.15) is 0 Å². The zero-order valence-corrected chi connectivity index (χ0v) is 21.8. The van der Waals surface area contributed by atoms with Gasteiger partial charge in [0.2, 0.25) is 0 Å². The molecule has 0 atom stereocenters. The summed E-state index contributed by atoms with van der Waals surface area (Å²) in [5.74, 6) is 0. The molecule has 0 saturated carbocycles. The number of hydrogen-bond donors (Lipinski definition) is 0. The molecule has 1 heterocycles. The maximum Gasteiger partial charge on any atom is 0.0495 e. The monoisotopic (exact) mass is 500 g/mol. The van der Waals surface area contributed by atoms with Gasteiger partial charge >= 0.3 is 0 Å². The van der Waals surface area contributed by atoms with Crippen LogP contribution in [0.25, 0.3) is 44.1 Å². The smallest absolute Gasteiger partial charge is 0.0495 e. The summed E-state index contributed by atoms with van der Waals surface area (Å²) in [4.78, 5) is 2.32. The quantitative estimate of drug-likeness (QED) is 0.228. The summed E-state index contributed by atoms with van der Waals surface area (Å²) >= 11 is 0. The molecule has 186 valence electrons. The van der Waals surface area contributed by atoms with Gasteiger partial charge in [-0.2, -0.15) is 0 Å². The zero-order valence-electron chi connectivity index (χ0n) is 21.8. The summed E-state index contributed by atoms with van der Waals surface area (Å²) in [7, 11) is 2.15. The summed E-state index contributed by atoms with van der Waals surface area (Å²) in [6, 6.07) is 54.2. The molecule has 0 radical (unpaired) electrons. The SMILES string of the molecule is Cn1c2ccccc2c2c(-c3ccc(N(c4ccccc4)c4ccc(-c5ccccc5)cc4)cc3)cccc21. The van der Waals surface area contributed by atoms with Crippen LogP contribution in [0.5, 0.6) is 0 Å². The van der Waals surface area contributed by atoms with Crippen molar-refractivity contribution in [2.75, 3.05) is 4.90 Å². The van der Waals surface area contributed by atoms with Gasteiger partial charge in [-0.25, -0.2) is 0 Å². The first-order valence-corrected chi connectivity index (χ1v) is 13.4. The third-order valence-corrected chi connectivity index (χ3v) is 7.62. The van der Waals surface area contributed by atoms with Crippen molar-refractivity contribution >= 4 is 38.9 Å². The Morgan fingerprint density at radius 1 is 0.410 bits per heavy atom. The van der Waals surface area contributed by atoms with Crippen LogP contribution in [0.4, 0.5) is 17.1 Å². The summed E-state index contributed by atoms with van der Waals surface area (Å²) in [5.41, 5.74) is 10.8. The number of aromatic nitrogens is 1. The van der Waals surface area contributed by atoms with Gasteiger partial charge in [-0.1, -0.05) is 103 Å². The van der Waals surface area contributed by atoms with Crippen molar-refractivity contribution in [3.63, 3.8) is 0 Å². The predicted octanol–water partition coefficient (Wildman–Crippen LogP) is 10.1. The summed E-state index contributed by atoms with van der Waals surface area (Å²) in [6.07, 6.45) is 0. The molecule has 7 aromatic rings. The molecule has 39 heavy (non-hydrogen) atoms. The van der Waals surface area contributed by atoms with E-state index in [1.54, 1.807) is 0 Å². The molecule has 0 fully saturated rings. The molecule has 1 aromatic heterocycles. The molecule has 0 aliphatic heterocycles. The van der Waals surface area contributed by atoms with E-state index in [1.165, 1.54) is 44.1 Å². The third-order valence-electron chi connectivity index (χ3n) is 7.62. The average molecular weight is 501 g/mol. The van der Waals surface area contributed by atoms with Gasteiger partial charge < -0.3 is 9.47 Å². The number of para-hydroxylation sites is 2. The van der Waals surface area contributed by atoms with Crippen LogP contribution < -0.4 is 4.90 Å². The van der Waals surface area contributed by atoms with Crippen LogP contribution in [0.1, 0.15) is 0 Å². The van der Waals surface area contributed by atoms with Gasteiger partial charge in [-0.3, -0.25) is 0 Å². The Morgan fingerprint density at radius 2 is 0.923 bits per heavy atom. The first-order valence-electron chi connectivity index (χ1n) is 13.4. The maximum absolute atomic E-state index is 2.32. The first kappa shape index (κ1) is 23.1. The van der Waals surface area contributed by atoms with E-state index in [0.29, 0.717) is 0 Å². The summed E-state index contributed by atoms with van der Waals surface area (Å²) < 4.78 is 2.29. The second-order valence-electron chi connectivity index (χ2n) is 9.91. The molecular formula is C37H28N2. The van der Waals surface area contributed by atoms with E-state index < -0.39 is 0 Å². The van der Waals surface area contributed by atoms with E-state index in [1.807, 2.05) is 0 Å². The van der Waals surface area contributed by atoms with Crippen LogP contribution in [0, 0.1) is 0 Å². The molecule has 0 saturated heterocycles. The Morgan fingerprint density at radius 3 is 1.62 bits per heavy atom. The van der Waals surface area contributed by atoms with Crippen molar-refractivity contribution in [1.29, 1.82) is 0 Å². The van der Waals surface area contributed by atoms with Crippen molar-refractivity contribution < 1.29 is 0 Å². The summed E-state index contributed by atoms with van der Waals surface area (Å²) in [5, 5.41) is 2.60. The molecular weight excluding hydrogens is 472 g/mol. The standard InChI is InChI=1S/C37H28N2/c1-38-35-17-9-8-15-34(35)37-33(16-10-18-36(37)38)29-21-25-32(26-22-29)39(30-13-6-3-7-14-30)31-23-19-28(20-24-31)27-11-4-2-5-12-27/h2-26H,1H3. The minimum atomic E-state index is 1.13. The molecule has 2 heteroatoms. The molecule has 0 aliphatic carbocycles. The number of anilines is 3. The third kappa shape index (κ3) is 4.07. The largest absolute Gasteiger partial charge is 0.344 e. The average Bonchev–Trinajstić information content (AvgIpc) is 3.31. The molecule has 0 spiro atoms. The predicted molar refractivity (Wildman–Crippen MR) is 166 cm³/mol. The topological polar surface area (TPSA) is 8.17 Å². The fourth-order valence-electron chi connectivity index (χ4n) is 5.70. The van der Waals surface area contributed by atoms with Crippen LogP contribution in [-0.2, 0) is 7.05 Å². The van der Waals surface area contributed by atoms with E-state index in [9.17, 15) is 0 Å². The van der Waals surface area contributed by atoms with Gasteiger partial charge in [-0.05, 0) is 70.8 Å². The molecule has 0 aliphatic rings. The second kappa shape index (κ2) is 9.66. The van der Waals surface area contributed by atoms with Crippen molar-refractivity contribution in [3.05, 3.63) is 152 Å². The molecule has 0 N–H and O–H groups in total. The van der Waals surface area contributed by atoms with E-state index in [2.05, 4.69) is 168 Å². The Hall–Kier alpha value is -5.08. The number of hydrogen-bond acceptors (Lipinski definition) is 1. The van der Waals surface area contributed by atoms with Crippen molar-refractivity contribution in [2.24, 2.45) is 7.05 Å². The Balaban J connectivity index is 1.31. The summed E-state index contributed by atoms with van der Waals surface area (Å²) in [6.45, 7) is 0. The lowest BCUT2D eigenvalue weighted by Crippen LogP contribution is -2.09. The molecule has 2 nitrogen and oxygen atoms in total. The minimum absolute atomic E-state index is 1.13. The molecule has 0 unspecified atom stereocenters. The maximum atomic E-state index is 2.32. The van der Waals surface area contributed by atoms with Crippen LogP contribution in [0.3, 0.4) is 0 Å². The number of rotatable bonds is 5. The van der Waals surface area contributed by atoms with E-state index >= 15 is 0 Å². The van der Waals surface area contributed by atoms with Gasteiger partial charge in [0.05, 0.1) is 0 Å². The lowest BCUT2D eigenvalue weighted by Gasteiger charge is -2.26.